The van der Waals surface area contributed by atoms with E-state index < -0.39 is 0 Å². The van der Waals surface area contributed by atoms with Crippen molar-refractivity contribution in [1.29, 1.82) is 5.26 Å². The second kappa shape index (κ2) is 12.5. The Hall–Kier alpha value is -5.83. The summed E-state index contributed by atoms with van der Waals surface area (Å²) in [5.41, 5.74) is 6.97. The number of thiophene rings is 1. The Bertz CT molecular complexity index is 2360. The third kappa shape index (κ3) is 5.53. The first-order chi connectivity index (χ1) is 25.0. The van der Waals surface area contributed by atoms with Gasteiger partial charge in [-0.05, 0) is 85.5 Å². The number of anilines is 3. The molecule has 0 radical (unpaired) electrons. The van der Waals surface area contributed by atoms with Crippen LogP contribution in [0.15, 0.2) is 91.1 Å². The molecule has 0 atom stereocenters. The van der Waals surface area contributed by atoms with Gasteiger partial charge in [-0.1, -0.05) is 24.3 Å². The van der Waals surface area contributed by atoms with Crippen molar-refractivity contribution in [1.82, 2.24) is 15.0 Å². The zero-order valence-corrected chi connectivity index (χ0v) is 28.5. The molecule has 0 unspecified atom stereocenters. The zero-order chi connectivity index (χ0) is 34.5. The summed E-state index contributed by atoms with van der Waals surface area (Å²) in [5, 5.41) is 12.6. The topological polar surface area (TPSA) is 127 Å². The van der Waals surface area contributed by atoms with Crippen LogP contribution in [0.5, 0.6) is 0 Å². The monoisotopic (exact) mass is 691 g/mol. The molecule has 6 heterocycles. The zero-order valence-electron chi connectivity index (χ0n) is 27.7. The first-order valence-corrected chi connectivity index (χ1v) is 17.9. The summed E-state index contributed by atoms with van der Waals surface area (Å²) >= 11 is 1.63. The van der Waals surface area contributed by atoms with E-state index in [1.165, 1.54) is 0 Å². The number of benzene rings is 3. The van der Waals surface area contributed by atoms with E-state index in [1.54, 1.807) is 53.9 Å². The molecule has 3 aromatic heterocycles. The van der Waals surface area contributed by atoms with Crippen LogP contribution in [0.3, 0.4) is 0 Å². The molecule has 1 spiro atoms. The number of ether oxygens (including phenoxy) is 1. The number of aromatic nitrogens is 3. The summed E-state index contributed by atoms with van der Waals surface area (Å²) in [6.45, 7) is 3.84. The molecule has 0 aliphatic carbocycles. The molecular formula is C40H33N7O3S. The fourth-order valence-electron chi connectivity index (χ4n) is 7.58. The molecule has 2 fully saturated rings. The SMILES string of the molecule is N#Cc1cccc2nc(-c3cc4c(s3)-c3ccccc3N(C(=O)c3ccc(NC(=O)c5cccnc5N5CC6(CCOCC6)C5)cc3)CC4)[nH]c12. The predicted molar refractivity (Wildman–Crippen MR) is 198 cm³/mol. The molecule has 3 aromatic carbocycles. The molecule has 51 heavy (non-hydrogen) atoms. The molecule has 0 bridgehead atoms. The van der Waals surface area contributed by atoms with Crippen LogP contribution < -0.4 is 15.1 Å². The lowest BCUT2D eigenvalue weighted by molar-refractivity contribution is -0.000509. The lowest BCUT2D eigenvalue weighted by atomic mass is 9.73. The number of pyridine rings is 1. The maximum atomic E-state index is 14.1. The highest BCUT2D eigenvalue weighted by Gasteiger charge is 2.45. The van der Waals surface area contributed by atoms with Crippen LogP contribution in [0.4, 0.5) is 17.2 Å². The molecule has 252 valence electrons. The Morgan fingerprint density at radius 1 is 0.980 bits per heavy atom. The molecule has 2 amide bonds. The van der Waals surface area contributed by atoms with Gasteiger partial charge in [-0.2, -0.15) is 5.26 Å². The van der Waals surface area contributed by atoms with Gasteiger partial charge < -0.3 is 24.8 Å². The van der Waals surface area contributed by atoms with Gasteiger partial charge in [0.15, 0.2) is 0 Å². The minimum Gasteiger partial charge on any atom is -0.381 e. The fraction of sp³-hybridized carbons (Fsp3) is 0.225. The van der Waals surface area contributed by atoms with Crippen LogP contribution in [0.1, 0.15) is 44.7 Å². The first-order valence-electron chi connectivity index (χ1n) is 17.1. The summed E-state index contributed by atoms with van der Waals surface area (Å²) in [6.07, 6.45) is 4.48. The van der Waals surface area contributed by atoms with E-state index >= 15 is 0 Å². The minimum absolute atomic E-state index is 0.105. The van der Waals surface area contributed by atoms with Gasteiger partial charge in [-0.15, -0.1) is 11.3 Å². The molecule has 11 heteroatoms. The summed E-state index contributed by atoms with van der Waals surface area (Å²) in [6, 6.07) is 28.6. The number of nitrogens with zero attached hydrogens (tertiary/aromatic N) is 5. The highest BCUT2D eigenvalue weighted by atomic mass is 32.1. The summed E-state index contributed by atoms with van der Waals surface area (Å²) < 4.78 is 5.56. The first kappa shape index (κ1) is 31.2. The van der Waals surface area contributed by atoms with E-state index in [2.05, 4.69) is 38.4 Å². The van der Waals surface area contributed by atoms with Gasteiger partial charge in [-0.3, -0.25) is 9.59 Å². The predicted octanol–water partition coefficient (Wildman–Crippen LogP) is 7.30. The Morgan fingerprint density at radius 2 is 1.80 bits per heavy atom. The number of aromatic amines is 1. The Balaban J connectivity index is 0.924. The van der Waals surface area contributed by atoms with Crippen LogP contribution >= 0.6 is 11.3 Å². The molecular weight excluding hydrogens is 659 g/mol. The van der Waals surface area contributed by atoms with Crippen molar-refractivity contribution < 1.29 is 14.3 Å². The molecule has 3 aliphatic heterocycles. The quantitative estimate of drug-likeness (QED) is 0.194. The number of carbonyl (C=O) groups excluding carboxylic acids is 2. The van der Waals surface area contributed by atoms with E-state index in [1.807, 2.05) is 41.3 Å². The van der Waals surface area contributed by atoms with Crippen molar-refractivity contribution in [3.05, 3.63) is 113 Å². The van der Waals surface area contributed by atoms with Crippen LogP contribution in [0.2, 0.25) is 0 Å². The number of nitrogens with one attached hydrogen (secondary N) is 2. The molecule has 9 rings (SSSR count). The molecule has 2 N–H and O–H groups in total. The van der Waals surface area contributed by atoms with Gasteiger partial charge in [0.25, 0.3) is 11.8 Å². The molecule has 0 saturated carbocycles. The third-order valence-corrected chi connectivity index (χ3v) is 11.5. The molecule has 3 aliphatic rings. The molecule has 10 nitrogen and oxygen atoms in total. The number of hydrogen-bond acceptors (Lipinski definition) is 8. The van der Waals surface area contributed by atoms with Gasteiger partial charge >= 0.3 is 0 Å². The minimum atomic E-state index is -0.231. The second-order valence-electron chi connectivity index (χ2n) is 13.5. The van der Waals surface area contributed by atoms with Crippen LogP contribution in [0, 0.1) is 16.7 Å². The number of carbonyl (C=O) groups is 2. The number of hydrogen-bond donors (Lipinski definition) is 2. The van der Waals surface area contributed by atoms with E-state index in [-0.39, 0.29) is 17.2 Å². The van der Waals surface area contributed by atoms with Crippen molar-refractivity contribution in [2.45, 2.75) is 19.3 Å². The standard InChI is InChI=1S/C40H33N7O3S/c41-22-27-5-3-8-31-34(27)45-36(44-31)33-21-26-14-18-47(32-9-2-1-6-29(32)35(26)51-33)39(49)25-10-12-28(13-11-25)43-38(48)30-7-4-17-42-37(30)46-23-40(24-46)15-19-50-20-16-40/h1-13,17,21H,14-16,18-20,23-24H2,(H,43,48)(H,44,45). The number of amides is 2. The van der Waals surface area contributed by atoms with Crippen molar-refractivity contribution in [3.8, 4) is 27.2 Å². The van der Waals surface area contributed by atoms with Crippen molar-refractivity contribution >= 4 is 51.4 Å². The summed E-state index contributed by atoms with van der Waals surface area (Å²) in [4.78, 5) is 46.3. The fourth-order valence-corrected chi connectivity index (χ4v) is 8.76. The van der Waals surface area contributed by atoms with Crippen LogP contribution in [-0.2, 0) is 11.2 Å². The van der Waals surface area contributed by atoms with Crippen molar-refractivity contribution in [3.63, 3.8) is 0 Å². The van der Waals surface area contributed by atoms with E-state index in [0.29, 0.717) is 41.2 Å². The Kier molecular flexibility index (Phi) is 7.64. The second-order valence-corrected chi connectivity index (χ2v) is 14.5. The number of imidazole rings is 1. The van der Waals surface area contributed by atoms with E-state index in [0.717, 1.165) is 82.6 Å². The van der Waals surface area contributed by atoms with Gasteiger partial charge in [0.2, 0.25) is 0 Å². The van der Waals surface area contributed by atoms with Crippen LogP contribution in [-0.4, -0.2) is 59.6 Å². The van der Waals surface area contributed by atoms with Gasteiger partial charge in [0.05, 0.1) is 32.7 Å². The van der Waals surface area contributed by atoms with Crippen molar-refractivity contribution in [2.24, 2.45) is 5.41 Å². The average Bonchev–Trinajstić information content (AvgIpc) is 3.76. The lowest BCUT2D eigenvalue weighted by Gasteiger charge is -2.53. The number of nitriles is 1. The van der Waals surface area contributed by atoms with E-state index in [9.17, 15) is 14.9 Å². The largest absolute Gasteiger partial charge is 0.381 e. The third-order valence-electron chi connectivity index (χ3n) is 10.3. The Morgan fingerprint density at radius 3 is 2.63 bits per heavy atom. The highest BCUT2D eigenvalue weighted by molar-refractivity contribution is 7.19. The maximum Gasteiger partial charge on any atom is 0.259 e. The normalized spacial score (nSPS) is 16.1. The number of rotatable bonds is 5. The maximum absolute atomic E-state index is 14.1. The molecule has 2 saturated heterocycles. The van der Waals surface area contributed by atoms with Crippen LogP contribution in [0.25, 0.3) is 32.2 Å². The molecule has 6 aromatic rings. The number of para-hydroxylation sites is 2. The number of fused-ring (bicyclic) bond motifs is 4. The smallest absolute Gasteiger partial charge is 0.259 e. The van der Waals surface area contributed by atoms with Gasteiger partial charge in [0, 0.05) is 66.2 Å². The summed E-state index contributed by atoms with van der Waals surface area (Å²) in [5.74, 6) is 1.09. The van der Waals surface area contributed by atoms with Gasteiger partial charge in [-0.25, -0.2) is 9.97 Å². The number of H-pyrrole nitrogens is 1. The summed E-state index contributed by atoms with van der Waals surface area (Å²) in [7, 11) is 0. The Labute approximate surface area is 298 Å². The van der Waals surface area contributed by atoms with Crippen molar-refractivity contribution in [2.75, 3.05) is 48.0 Å². The van der Waals surface area contributed by atoms with E-state index in [4.69, 9.17) is 9.72 Å². The average molecular weight is 692 g/mol. The lowest BCUT2D eigenvalue weighted by Crippen LogP contribution is -2.59. The highest BCUT2D eigenvalue weighted by Crippen LogP contribution is 2.45. The van der Waals surface area contributed by atoms with Gasteiger partial charge in [0.1, 0.15) is 17.7 Å².